The van der Waals surface area contributed by atoms with Gasteiger partial charge in [0.15, 0.2) is 5.82 Å². The second kappa shape index (κ2) is 5.48. The van der Waals surface area contributed by atoms with Crippen molar-refractivity contribution < 1.29 is 9.63 Å². The van der Waals surface area contributed by atoms with Crippen LogP contribution in [0.1, 0.15) is 30.2 Å². The van der Waals surface area contributed by atoms with Gasteiger partial charge in [-0.25, -0.2) is 0 Å². The van der Waals surface area contributed by atoms with Crippen molar-refractivity contribution in [3.8, 4) is 0 Å². The van der Waals surface area contributed by atoms with Crippen molar-refractivity contribution in [2.75, 3.05) is 0 Å². The van der Waals surface area contributed by atoms with Gasteiger partial charge in [0.1, 0.15) is 6.04 Å². The van der Waals surface area contributed by atoms with E-state index >= 15 is 0 Å². The molecule has 2 atom stereocenters. The normalized spacial score (nSPS) is 14.4. The molecule has 0 aliphatic heterocycles. The molecule has 3 N–H and O–H groups in total. The number of hydrogen-bond donors (Lipinski definition) is 2. The summed E-state index contributed by atoms with van der Waals surface area (Å²) in [6.45, 7) is 1.57. The first-order valence-corrected chi connectivity index (χ1v) is 5.95. The van der Waals surface area contributed by atoms with Gasteiger partial charge in [-0.15, -0.1) is 0 Å². The van der Waals surface area contributed by atoms with E-state index in [1.165, 1.54) is 0 Å². The lowest BCUT2D eigenvalue weighted by atomic mass is 10.1. The molecule has 18 heavy (non-hydrogen) atoms. The smallest absolute Gasteiger partial charge is 0.246 e. The number of aliphatic hydroxyl groups is 1. The molecule has 1 aromatic heterocycles. The Morgan fingerprint density at radius 2 is 2.17 bits per heavy atom. The largest absolute Gasteiger partial charge is 0.391 e. The lowest BCUT2D eigenvalue weighted by Crippen LogP contribution is -2.23. The zero-order valence-corrected chi connectivity index (χ0v) is 10.6. The van der Waals surface area contributed by atoms with E-state index in [2.05, 4.69) is 10.1 Å². The number of hydrogen-bond acceptors (Lipinski definition) is 5. The summed E-state index contributed by atoms with van der Waals surface area (Å²) in [6, 6.07) is 6.78. The predicted octanol–water partition coefficient (Wildman–Crippen LogP) is 1.69. The summed E-state index contributed by atoms with van der Waals surface area (Å²) in [4.78, 5) is 4.15. The fourth-order valence-electron chi connectivity index (χ4n) is 1.49. The third-order valence-electron chi connectivity index (χ3n) is 2.60. The highest BCUT2D eigenvalue weighted by molar-refractivity contribution is 6.31. The van der Waals surface area contributed by atoms with Crippen LogP contribution in [-0.2, 0) is 6.42 Å². The van der Waals surface area contributed by atoms with E-state index < -0.39 is 12.1 Å². The molecule has 96 valence electrons. The fourth-order valence-corrected chi connectivity index (χ4v) is 1.70. The average molecular weight is 268 g/mol. The van der Waals surface area contributed by atoms with Crippen LogP contribution in [0.3, 0.4) is 0 Å². The zero-order valence-electron chi connectivity index (χ0n) is 9.88. The Morgan fingerprint density at radius 1 is 1.44 bits per heavy atom. The summed E-state index contributed by atoms with van der Waals surface area (Å²) in [5.74, 6) is 0.723. The number of nitrogens with two attached hydrogens (primary N) is 1. The first-order valence-electron chi connectivity index (χ1n) is 5.57. The van der Waals surface area contributed by atoms with Gasteiger partial charge >= 0.3 is 0 Å². The number of nitrogens with zero attached hydrogens (tertiary/aromatic N) is 2. The Kier molecular flexibility index (Phi) is 3.96. The van der Waals surface area contributed by atoms with E-state index in [4.69, 9.17) is 21.9 Å². The van der Waals surface area contributed by atoms with Crippen molar-refractivity contribution in [2.24, 2.45) is 5.73 Å². The molecule has 5 nitrogen and oxygen atoms in total. The minimum atomic E-state index is -0.737. The molecule has 0 saturated carbocycles. The lowest BCUT2D eigenvalue weighted by molar-refractivity contribution is 0.146. The van der Waals surface area contributed by atoms with Gasteiger partial charge in [0.25, 0.3) is 0 Å². The molecular formula is C12H14ClN3O2. The highest BCUT2D eigenvalue weighted by Crippen LogP contribution is 2.19. The summed E-state index contributed by atoms with van der Waals surface area (Å²) in [6.07, 6.45) is -0.269. The molecule has 0 aliphatic carbocycles. The van der Waals surface area contributed by atoms with Crippen molar-refractivity contribution in [1.82, 2.24) is 10.1 Å². The van der Waals surface area contributed by atoms with Crippen molar-refractivity contribution in [2.45, 2.75) is 25.5 Å². The summed E-state index contributed by atoms with van der Waals surface area (Å²) in [5.41, 5.74) is 6.62. The van der Waals surface area contributed by atoms with E-state index in [1.54, 1.807) is 13.0 Å². The van der Waals surface area contributed by atoms with Gasteiger partial charge in [-0.1, -0.05) is 35.0 Å². The quantitative estimate of drug-likeness (QED) is 0.881. The number of aliphatic hydroxyl groups excluding tert-OH is 1. The number of rotatable bonds is 4. The second-order valence-electron chi connectivity index (χ2n) is 4.08. The molecule has 0 saturated heterocycles. The van der Waals surface area contributed by atoms with Gasteiger partial charge in [0.05, 0.1) is 6.10 Å². The fraction of sp³-hybridized carbons (Fsp3) is 0.333. The monoisotopic (exact) mass is 267 g/mol. The summed E-state index contributed by atoms with van der Waals surface area (Å²) in [5, 5.41) is 13.8. The molecule has 0 radical (unpaired) electrons. The Labute approximate surface area is 110 Å². The van der Waals surface area contributed by atoms with Crippen molar-refractivity contribution >= 4 is 11.6 Å². The maximum atomic E-state index is 9.34. The first-order chi connectivity index (χ1) is 8.58. The summed E-state index contributed by atoms with van der Waals surface area (Å²) >= 11 is 6.04. The Balaban J connectivity index is 2.14. The van der Waals surface area contributed by atoms with Crippen LogP contribution >= 0.6 is 11.6 Å². The predicted molar refractivity (Wildman–Crippen MR) is 67.2 cm³/mol. The van der Waals surface area contributed by atoms with E-state index in [0.717, 1.165) is 5.56 Å². The Morgan fingerprint density at radius 3 is 2.83 bits per heavy atom. The number of benzene rings is 1. The molecule has 2 aromatic rings. The third kappa shape index (κ3) is 2.87. The highest BCUT2D eigenvalue weighted by atomic mass is 35.5. The molecule has 0 bridgehead atoms. The van der Waals surface area contributed by atoms with Crippen LogP contribution < -0.4 is 5.73 Å². The molecule has 2 rings (SSSR count). The molecule has 1 aromatic carbocycles. The van der Waals surface area contributed by atoms with Crippen LogP contribution in [0.4, 0.5) is 0 Å². The van der Waals surface area contributed by atoms with Gasteiger partial charge < -0.3 is 15.4 Å². The molecular weight excluding hydrogens is 254 g/mol. The highest BCUT2D eigenvalue weighted by Gasteiger charge is 2.19. The number of halogens is 1. The third-order valence-corrected chi connectivity index (χ3v) is 2.96. The molecule has 0 amide bonds. The minimum absolute atomic E-state index is 0.229. The molecule has 0 spiro atoms. The topological polar surface area (TPSA) is 85.2 Å². The van der Waals surface area contributed by atoms with Gasteiger partial charge in [-0.05, 0) is 18.6 Å². The van der Waals surface area contributed by atoms with Crippen LogP contribution in [0, 0.1) is 0 Å². The second-order valence-corrected chi connectivity index (χ2v) is 4.49. The maximum Gasteiger partial charge on any atom is 0.246 e. The first kappa shape index (κ1) is 13.0. The van der Waals surface area contributed by atoms with Crippen LogP contribution in [0.5, 0.6) is 0 Å². The van der Waals surface area contributed by atoms with Crippen molar-refractivity contribution in [3.63, 3.8) is 0 Å². The SMILES string of the molecule is CC(O)C(N)c1nc(Cc2ccccc2Cl)no1. The number of aromatic nitrogens is 2. The van der Waals surface area contributed by atoms with Crippen LogP contribution in [0.2, 0.25) is 5.02 Å². The van der Waals surface area contributed by atoms with E-state index in [1.807, 2.05) is 18.2 Å². The van der Waals surface area contributed by atoms with Gasteiger partial charge in [-0.2, -0.15) is 4.98 Å². The van der Waals surface area contributed by atoms with E-state index in [0.29, 0.717) is 17.3 Å². The molecule has 2 unspecified atom stereocenters. The molecule has 1 heterocycles. The van der Waals surface area contributed by atoms with Gasteiger partial charge in [-0.3, -0.25) is 0 Å². The standard InChI is InChI=1S/C12H14ClN3O2/c1-7(17)11(14)12-15-10(16-18-12)6-8-4-2-3-5-9(8)13/h2-5,7,11,17H,6,14H2,1H3. The Hall–Kier alpha value is -1.43. The van der Waals surface area contributed by atoms with Gasteiger partial charge in [0, 0.05) is 11.4 Å². The van der Waals surface area contributed by atoms with Crippen LogP contribution in [0.15, 0.2) is 28.8 Å². The lowest BCUT2D eigenvalue weighted by Gasteiger charge is -2.08. The molecule has 0 fully saturated rings. The molecule has 0 aliphatic rings. The van der Waals surface area contributed by atoms with Gasteiger partial charge in [0.2, 0.25) is 5.89 Å². The zero-order chi connectivity index (χ0) is 13.1. The molecule has 6 heteroatoms. The van der Waals surface area contributed by atoms with Crippen LogP contribution in [-0.4, -0.2) is 21.4 Å². The average Bonchev–Trinajstić information content (AvgIpc) is 2.79. The van der Waals surface area contributed by atoms with E-state index in [9.17, 15) is 5.11 Å². The van der Waals surface area contributed by atoms with Crippen molar-refractivity contribution in [3.05, 3.63) is 46.6 Å². The minimum Gasteiger partial charge on any atom is -0.391 e. The Bertz CT molecular complexity index is 528. The summed E-state index contributed by atoms with van der Waals surface area (Å²) < 4.78 is 5.01. The van der Waals surface area contributed by atoms with E-state index in [-0.39, 0.29) is 5.89 Å². The van der Waals surface area contributed by atoms with Crippen molar-refractivity contribution in [1.29, 1.82) is 0 Å². The summed E-state index contributed by atoms with van der Waals surface area (Å²) in [7, 11) is 0. The maximum absolute atomic E-state index is 9.34. The van der Waals surface area contributed by atoms with Crippen LogP contribution in [0.25, 0.3) is 0 Å².